The van der Waals surface area contributed by atoms with Gasteiger partial charge in [-0.2, -0.15) is 0 Å². The molecule has 5 heteroatoms. The van der Waals surface area contributed by atoms with Crippen LogP contribution in [0.15, 0.2) is 0 Å². The average Bonchev–Trinajstić information content (AvgIpc) is 2.18. The van der Waals surface area contributed by atoms with Crippen LogP contribution in [-0.4, -0.2) is 36.6 Å². The zero-order chi connectivity index (χ0) is 13.5. The molecule has 0 bridgehead atoms. The number of hydrogen-bond acceptors (Lipinski definition) is 3. The number of carbonyl (C=O) groups excluding carboxylic acids is 1. The molecular formula is C13H24N2O3. The predicted octanol–water partition coefficient (Wildman–Crippen LogP) is 0.849. The van der Waals surface area contributed by atoms with E-state index in [1.807, 2.05) is 0 Å². The zero-order valence-electron chi connectivity index (χ0n) is 11.2. The fourth-order valence-electron chi connectivity index (χ4n) is 2.24. The van der Waals surface area contributed by atoms with Crippen molar-refractivity contribution in [3.8, 4) is 0 Å². The molecule has 0 aromatic carbocycles. The topological polar surface area (TPSA) is 78.4 Å². The van der Waals surface area contributed by atoms with Crippen molar-refractivity contribution in [3.63, 3.8) is 0 Å². The molecule has 18 heavy (non-hydrogen) atoms. The SMILES string of the molecule is CC(C)C[C@H](CNC(=O)CC1CNC1)CC(=O)O. The summed E-state index contributed by atoms with van der Waals surface area (Å²) >= 11 is 0. The molecule has 0 spiro atoms. The molecule has 1 amide bonds. The van der Waals surface area contributed by atoms with Crippen LogP contribution < -0.4 is 10.6 Å². The number of aliphatic carboxylic acids is 1. The number of amides is 1. The van der Waals surface area contributed by atoms with Gasteiger partial charge in [-0.15, -0.1) is 0 Å². The van der Waals surface area contributed by atoms with Gasteiger partial charge in [0.25, 0.3) is 0 Å². The molecule has 1 fully saturated rings. The van der Waals surface area contributed by atoms with Crippen LogP contribution in [0.2, 0.25) is 0 Å². The van der Waals surface area contributed by atoms with Gasteiger partial charge in [0.15, 0.2) is 0 Å². The molecule has 1 aliphatic heterocycles. The lowest BCUT2D eigenvalue weighted by molar-refractivity contribution is -0.138. The summed E-state index contributed by atoms with van der Waals surface area (Å²) in [6, 6.07) is 0. The molecule has 0 aliphatic carbocycles. The lowest BCUT2D eigenvalue weighted by Crippen LogP contribution is -2.45. The minimum atomic E-state index is -0.793. The first-order chi connectivity index (χ1) is 8.47. The zero-order valence-corrected chi connectivity index (χ0v) is 11.2. The molecular weight excluding hydrogens is 232 g/mol. The number of carbonyl (C=O) groups is 2. The summed E-state index contributed by atoms with van der Waals surface area (Å²) in [5, 5.41) is 14.8. The van der Waals surface area contributed by atoms with Crippen LogP contribution in [0.4, 0.5) is 0 Å². The molecule has 3 N–H and O–H groups in total. The largest absolute Gasteiger partial charge is 0.481 e. The molecule has 1 rings (SSSR count). The van der Waals surface area contributed by atoms with Crippen LogP contribution in [0, 0.1) is 17.8 Å². The first-order valence-electron chi connectivity index (χ1n) is 6.66. The minimum Gasteiger partial charge on any atom is -0.481 e. The second kappa shape index (κ2) is 7.36. The van der Waals surface area contributed by atoms with Crippen molar-refractivity contribution in [1.82, 2.24) is 10.6 Å². The second-order valence-corrected chi connectivity index (χ2v) is 5.63. The Kier molecular flexibility index (Phi) is 6.12. The Morgan fingerprint density at radius 2 is 2.06 bits per heavy atom. The third-order valence-electron chi connectivity index (χ3n) is 3.20. The molecule has 0 radical (unpaired) electrons. The Hall–Kier alpha value is -1.10. The van der Waals surface area contributed by atoms with Gasteiger partial charge in [0.2, 0.25) is 5.91 Å². The third-order valence-corrected chi connectivity index (χ3v) is 3.20. The lowest BCUT2D eigenvalue weighted by Gasteiger charge is -2.26. The number of nitrogens with one attached hydrogen (secondary N) is 2. The highest BCUT2D eigenvalue weighted by Gasteiger charge is 2.21. The van der Waals surface area contributed by atoms with Crippen molar-refractivity contribution in [2.45, 2.75) is 33.1 Å². The van der Waals surface area contributed by atoms with Crippen LogP contribution in [0.3, 0.4) is 0 Å². The molecule has 1 aliphatic rings. The Morgan fingerprint density at radius 3 is 2.50 bits per heavy atom. The standard InChI is InChI=1S/C13H24N2O3/c1-9(2)3-10(5-13(17)18)8-15-12(16)4-11-6-14-7-11/h9-11,14H,3-8H2,1-2H3,(H,15,16)(H,17,18)/t10-/m0/s1. The van der Waals surface area contributed by atoms with Crippen molar-refractivity contribution < 1.29 is 14.7 Å². The van der Waals surface area contributed by atoms with Crippen LogP contribution >= 0.6 is 0 Å². The first kappa shape index (κ1) is 15.0. The smallest absolute Gasteiger partial charge is 0.303 e. The van der Waals surface area contributed by atoms with E-state index in [9.17, 15) is 9.59 Å². The monoisotopic (exact) mass is 256 g/mol. The first-order valence-corrected chi connectivity index (χ1v) is 6.66. The van der Waals surface area contributed by atoms with Gasteiger partial charge >= 0.3 is 5.97 Å². The van der Waals surface area contributed by atoms with Crippen molar-refractivity contribution in [3.05, 3.63) is 0 Å². The molecule has 5 nitrogen and oxygen atoms in total. The van der Waals surface area contributed by atoms with Crippen LogP contribution in [0.5, 0.6) is 0 Å². The summed E-state index contributed by atoms with van der Waals surface area (Å²) in [4.78, 5) is 22.4. The number of carboxylic acid groups (broad SMARTS) is 1. The van der Waals surface area contributed by atoms with Gasteiger partial charge in [0.05, 0.1) is 0 Å². The van der Waals surface area contributed by atoms with E-state index in [0.29, 0.717) is 24.8 Å². The van der Waals surface area contributed by atoms with Crippen LogP contribution in [0.1, 0.15) is 33.1 Å². The molecule has 1 saturated heterocycles. The summed E-state index contributed by atoms with van der Waals surface area (Å²) in [5.74, 6) is 0.180. The van der Waals surface area contributed by atoms with E-state index in [2.05, 4.69) is 24.5 Å². The van der Waals surface area contributed by atoms with Gasteiger partial charge in [0.1, 0.15) is 0 Å². The van der Waals surface area contributed by atoms with E-state index in [0.717, 1.165) is 19.5 Å². The maximum absolute atomic E-state index is 11.6. The van der Waals surface area contributed by atoms with Crippen molar-refractivity contribution >= 4 is 11.9 Å². The normalized spacial score (nSPS) is 17.3. The Labute approximate surface area is 108 Å². The van der Waals surface area contributed by atoms with Crippen molar-refractivity contribution in [2.75, 3.05) is 19.6 Å². The quantitative estimate of drug-likeness (QED) is 0.601. The number of carboxylic acids is 1. The maximum Gasteiger partial charge on any atom is 0.303 e. The summed E-state index contributed by atoms with van der Waals surface area (Å²) in [5.41, 5.74) is 0. The number of hydrogen-bond donors (Lipinski definition) is 3. The third kappa shape index (κ3) is 6.00. The van der Waals surface area contributed by atoms with E-state index < -0.39 is 5.97 Å². The molecule has 1 atom stereocenters. The van der Waals surface area contributed by atoms with Gasteiger partial charge in [-0.1, -0.05) is 13.8 Å². The molecule has 104 valence electrons. The molecule has 1 heterocycles. The lowest BCUT2D eigenvalue weighted by atomic mass is 9.93. The fraction of sp³-hybridized carbons (Fsp3) is 0.846. The van der Waals surface area contributed by atoms with Gasteiger partial charge < -0.3 is 15.7 Å². The molecule has 0 unspecified atom stereocenters. The van der Waals surface area contributed by atoms with E-state index >= 15 is 0 Å². The molecule has 0 saturated carbocycles. The highest BCUT2D eigenvalue weighted by atomic mass is 16.4. The fourth-order valence-corrected chi connectivity index (χ4v) is 2.24. The van der Waals surface area contributed by atoms with Gasteiger partial charge in [-0.25, -0.2) is 0 Å². The van der Waals surface area contributed by atoms with E-state index in [1.165, 1.54) is 0 Å². The van der Waals surface area contributed by atoms with E-state index in [1.54, 1.807) is 0 Å². The van der Waals surface area contributed by atoms with Crippen LogP contribution in [-0.2, 0) is 9.59 Å². The van der Waals surface area contributed by atoms with Crippen molar-refractivity contribution in [1.29, 1.82) is 0 Å². The predicted molar refractivity (Wildman–Crippen MR) is 69.2 cm³/mol. The Balaban J connectivity index is 2.25. The Morgan fingerprint density at radius 1 is 1.39 bits per heavy atom. The second-order valence-electron chi connectivity index (χ2n) is 5.63. The highest BCUT2D eigenvalue weighted by molar-refractivity contribution is 5.76. The van der Waals surface area contributed by atoms with E-state index in [-0.39, 0.29) is 18.2 Å². The summed E-state index contributed by atoms with van der Waals surface area (Å²) < 4.78 is 0. The van der Waals surface area contributed by atoms with Gasteiger partial charge in [-0.3, -0.25) is 9.59 Å². The highest BCUT2D eigenvalue weighted by Crippen LogP contribution is 2.15. The van der Waals surface area contributed by atoms with Crippen molar-refractivity contribution in [2.24, 2.45) is 17.8 Å². The number of rotatable bonds is 8. The maximum atomic E-state index is 11.6. The summed E-state index contributed by atoms with van der Waals surface area (Å²) in [6.45, 7) is 6.44. The molecule has 0 aromatic heterocycles. The molecule has 0 aromatic rings. The average molecular weight is 256 g/mol. The van der Waals surface area contributed by atoms with E-state index in [4.69, 9.17) is 5.11 Å². The summed E-state index contributed by atoms with van der Waals surface area (Å²) in [7, 11) is 0. The van der Waals surface area contributed by atoms with Gasteiger partial charge in [-0.05, 0) is 37.3 Å². The minimum absolute atomic E-state index is 0.0333. The Bertz CT molecular complexity index is 288. The summed E-state index contributed by atoms with van der Waals surface area (Å²) in [6.07, 6.45) is 1.51. The van der Waals surface area contributed by atoms with Gasteiger partial charge in [0, 0.05) is 19.4 Å². The van der Waals surface area contributed by atoms with Crippen LogP contribution in [0.25, 0.3) is 0 Å².